The van der Waals surface area contributed by atoms with Crippen LogP contribution >= 0.6 is 11.3 Å². The number of anilines is 1. The molecule has 0 saturated heterocycles. The number of primary amides is 1. The number of nitrogens with one attached hydrogen (secondary N) is 1. The molecular weight excluding hydrogens is 442 g/mol. The smallest absolute Gasteiger partial charge is 0.335 e. The number of thiophene rings is 1. The Morgan fingerprint density at radius 1 is 1.24 bits per heavy atom. The van der Waals surface area contributed by atoms with Crippen molar-refractivity contribution in [3.05, 3.63) is 70.3 Å². The number of nitrogens with zero attached hydrogens (tertiary/aromatic N) is 3. The number of nitrogens with two attached hydrogens (primary N) is 1. The zero-order valence-electron chi connectivity index (χ0n) is 17.9. The molecule has 1 aliphatic rings. The molecule has 0 fully saturated rings. The molecule has 0 aliphatic carbocycles. The molecule has 170 valence electrons. The van der Waals surface area contributed by atoms with Crippen LogP contribution in [0.2, 0.25) is 0 Å². The fraction of sp³-hybridized carbons (Fsp3) is 0.217. The number of carbonyl (C=O) groups is 3. The van der Waals surface area contributed by atoms with Crippen molar-refractivity contribution in [2.75, 3.05) is 18.4 Å². The minimum absolute atomic E-state index is 0.0205. The minimum Gasteiger partial charge on any atom is -0.478 e. The van der Waals surface area contributed by atoms with Gasteiger partial charge in [0.25, 0.3) is 5.91 Å². The lowest BCUT2D eigenvalue weighted by atomic mass is 9.95. The Morgan fingerprint density at radius 2 is 2.03 bits per heavy atom. The van der Waals surface area contributed by atoms with Crippen LogP contribution in [-0.2, 0) is 14.4 Å². The summed E-state index contributed by atoms with van der Waals surface area (Å²) in [5, 5.41) is 21.7. The van der Waals surface area contributed by atoms with Gasteiger partial charge in [0.2, 0.25) is 5.91 Å². The highest BCUT2D eigenvalue weighted by molar-refractivity contribution is 7.08. The number of hydrogen-bond donors (Lipinski definition) is 3. The zero-order chi connectivity index (χ0) is 23.5. The number of carbonyl (C=O) groups excluding carboxylic acids is 2. The Hall–Kier alpha value is -3.76. The number of aliphatic carboxylic acids is 1. The average Bonchev–Trinajstić information content (AvgIpc) is 3.33. The number of hydrogen-bond acceptors (Lipinski definition) is 7. The molecule has 2 aromatic heterocycles. The van der Waals surface area contributed by atoms with E-state index in [0.29, 0.717) is 11.3 Å². The van der Waals surface area contributed by atoms with Crippen LogP contribution in [0.4, 0.5) is 5.69 Å². The molecule has 1 aliphatic heterocycles. The van der Waals surface area contributed by atoms with Crippen molar-refractivity contribution < 1.29 is 19.5 Å². The van der Waals surface area contributed by atoms with Gasteiger partial charge in [-0.25, -0.2) is 9.80 Å². The number of aromatic nitrogens is 1. The minimum atomic E-state index is -1.23. The Balaban J connectivity index is 1.89. The van der Waals surface area contributed by atoms with E-state index in [1.54, 1.807) is 24.3 Å². The van der Waals surface area contributed by atoms with Gasteiger partial charge in [0, 0.05) is 36.5 Å². The van der Waals surface area contributed by atoms with E-state index in [2.05, 4.69) is 10.3 Å². The van der Waals surface area contributed by atoms with Crippen molar-refractivity contribution in [1.82, 2.24) is 15.0 Å². The fourth-order valence-corrected chi connectivity index (χ4v) is 4.73. The number of benzene rings is 1. The van der Waals surface area contributed by atoms with Crippen LogP contribution in [0.5, 0.6) is 0 Å². The fourth-order valence-electron chi connectivity index (χ4n) is 4.05. The quantitative estimate of drug-likeness (QED) is 0.466. The van der Waals surface area contributed by atoms with Gasteiger partial charge in [-0.3, -0.25) is 19.6 Å². The molecule has 0 spiro atoms. The van der Waals surface area contributed by atoms with Crippen LogP contribution in [0.15, 0.2) is 64.8 Å². The molecule has 10 heteroatoms. The molecule has 1 atom stereocenters. The maximum atomic E-state index is 13.5. The van der Waals surface area contributed by atoms with Crippen LogP contribution in [-0.4, -0.2) is 51.0 Å². The summed E-state index contributed by atoms with van der Waals surface area (Å²) in [6, 6.07) is 8.54. The second-order valence-corrected chi connectivity index (χ2v) is 8.27. The third-order valence-corrected chi connectivity index (χ3v) is 6.20. The van der Waals surface area contributed by atoms with Gasteiger partial charge in [-0.2, -0.15) is 11.3 Å². The Morgan fingerprint density at radius 3 is 2.70 bits per heavy atom. The van der Waals surface area contributed by atoms with Gasteiger partial charge in [0.1, 0.15) is 5.70 Å². The molecular formula is C23H23N5O4S. The summed E-state index contributed by atoms with van der Waals surface area (Å²) in [6.45, 7) is 2.18. The highest BCUT2D eigenvalue weighted by Crippen LogP contribution is 2.38. The van der Waals surface area contributed by atoms with Crippen LogP contribution in [0.25, 0.3) is 10.8 Å². The molecule has 4 N–H and O–H groups in total. The lowest BCUT2D eigenvalue weighted by Gasteiger charge is -2.44. The van der Waals surface area contributed by atoms with Crippen LogP contribution in [0, 0.1) is 0 Å². The number of fused-ring (bicyclic) bond motifs is 1. The van der Waals surface area contributed by atoms with E-state index in [1.165, 1.54) is 16.3 Å². The third-order valence-electron chi connectivity index (χ3n) is 5.50. The highest BCUT2D eigenvalue weighted by atomic mass is 32.1. The lowest BCUT2D eigenvalue weighted by Crippen LogP contribution is -2.55. The van der Waals surface area contributed by atoms with Gasteiger partial charge in [-0.15, -0.1) is 0 Å². The number of hydrazine groups is 1. The van der Waals surface area contributed by atoms with Crippen LogP contribution < -0.4 is 11.1 Å². The standard InChI is InChI=1S/C23H23N5O4S/c1-2-27-22(30)20(26-17-12-25-11-14-5-3-4-6-16(14)17)19(23(31)32)21(15-8-10-33-13-15)28(27)9-7-18(24)29/h3-6,8,10-13,21,26H,2,7,9H2,1H3,(H2,24,29)(H,31,32). The first-order valence-corrected chi connectivity index (χ1v) is 11.3. The first-order chi connectivity index (χ1) is 15.9. The van der Waals surface area contributed by atoms with Crippen molar-refractivity contribution >= 4 is 45.6 Å². The summed E-state index contributed by atoms with van der Waals surface area (Å²) in [5.74, 6) is -2.26. The van der Waals surface area contributed by atoms with Crippen molar-refractivity contribution in [3.8, 4) is 0 Å². The number of carboxylic acids is 1. The molecule has 1 aromatic carbocycles. The largest absolute Gasteiger partial charge is 0.478 e. The van der Waals surface area contributed by atoms with Gasteiger partial charge in [-0.1, -0.05) is 24.3 Å². The Labute approximate surface area is 194 Å². The lowest BCUT2D eigenvalue weighted by molar-refractivity contribution is -0.155. The third kappa shape index (κ3) is 4.30. The summed E-state index contributed by atoms with van der Waals surface area (Å²) in [5.41, 5.74) is 6.47. The second kappa shape index (κ2) is 9.39. The van der Waals surface area contributed by atoms with E-state index in [1.807, 2.05) is 41.1 Å². The predicted octanol–water partition coefficient (Wildman–Crippen LogP) is 2.74. The van der Waals surface area contributed by atoms with Gasteiger partial charge >= 0.3 is 5.97 Å². The molecule has 0 saturated carbocycles. The number of pyridine rings is 1. The maximum Gasteiger partial charge on any atom is 0.335 e. The Kier molecular flexibility index (Phi) is 6.38. The molecule has 0 radical (unpaired) electrons. The normalized spacial score (nSPS) is 16.9. The van der Waals surface area contributed by atoms with Gasteiger partial charge in [0.15, 0.2) is 0 Å². The molecule has 3 aromatic rings. The summed E-state index contributed by atoms with van der Waals surface area (Å²) >= 11 is 1.42. The Bertz CT molecular complexity index is 1240. The van der Waals surface area contributed by atoms with E-state index in [-0.39, 0.29) is 30.8 Å². The molecule has 33 heavy (non-hydrogen) atoms. The number of likely N-dealkylation sites (N-methyl/N-ethyl adjacent to an activating group) is 1. The summed E-state index contributed by atoms with van der Waals surface area (Å²) < 4.78 is 0. The van der Waals surface area contributed by atoms with Gasteiger partial charge < -0.3 is 16.2 Å². The topological polar surface area (TPSA) is 129 Å². The van der Waals surface area contributed by atoms with Crippen molar-refractivity contribution in [3.63, 3.8) is 0 Å². The maximum absolute atomic E-state index is 13.5. The van der Waals surface area contributed by atoms with E-state index in [9.17, 15) is 19.5 Å². The first kappa shape index (κ1) is 22.4. The molecule has 2 amide bonds. The summed E-state index contributed by atoms with van der Waals surface area (Å²) in [6.07, 6.45) is 3.25. The molecule has 3 heterocycles. The number of carboxylic acid groups (broad SMARTS) is 1. The summed E-state index contributed by atoms with van der Waals surface area (Å²) in [7, 11) is 0. The van der Waals surface area contributed by atoms with E-state index in [0.717, 1.165) is 10.8 Å². The van der Waals surface area contributed by atoms with E-state index in [4.69, 9.17) is 5.73 Å². The SMILES string of the molecule is CCN1C(=O)C(Nc2cncc3ccccc23)=C(C(=O)O)C(c2ccsc2)N1CCC(N)=O. The van der Waals surface area contributed by atoms with Crippen LogP contribution in [0.1, 0.15) is 24.9 Å². The predicted molar refractivity (Wildman–Crippen MR) is 125 cm³/mol. The van der Waals surface area contributed by atoms with Crippen molar-refractivity contribution in [2.45, 2.75) is 19.4 Å². The monoisotopic (exact) mass is 465 g/mol. The zero-order valence-corrected chi connectivity index (χ0v) is 18.7. The van der Waals surface area contributed by atoms with E-state index < -0.39 is 23.8 Å². The molecule has 4 rings (SSSR count). The average molecular weight is 466 g/mol. The summed E-state index contributed by atoms with van der Waals surface area (Å²) in [4.78, 5) is 41.8. The van der Waals surface area contributed by atoms with Gasteiger partial charge in [0.05, 0.1) is 23.5 Å². The van der Waals surface area contributed by atoms with Crippen molar-refractivity contribution in [2.24, 2.45) is 5.73 Å². The van der Waals surface area contributed by atoms with E-state index >= 15 is 0 Å². The van der Waals surface area contributed by atoms with Crippen molar-refractivity contribution in [1.29, 1.82) is 0 Å². The second-order valence-electron chi connectivity index (χ2n) is 7.49. The molecule has 0 bridgehead atoms. The molecule has 1 unspecified atom stereocenters. The number of amides is 2. The number of rotatable bonds is 8. The van der Waals surface area contributed by atoms with Gasteiger partial charge in [-0.05, 0) is 29.3 Å². The highest BCUT2D eigenvalue weighted by Gasteiger charge is 2.43. The first-order valence-electron chi connectivity index (χ1n) is 10.4. The molecule has 9 nitrogen and oxygen atoms in total. The van der Waals surface area contributed by atoms with Crippen LogP contribution in [0.3, 0.4) is 0 Å².